The van der Waals surface area contributed by atoms with Crippen molar-refractivity contribution in [3.05, 3.63) is 71.8 Å². The normalized spacial score (nSPS) is 18.0. The van der Waals surface area contributed by atoms with Gasteiger partial charge in [0.25, 0.3) is 0 Å². The highest BCUT2D eigenvalue weighted by molar-refractivity contribution is 5.92. The lowest BCUT2D eigenvalue weighted by Gasteiger charge is -2.26. The molecule has 2 aromatic carbocycles. The Morgan fingerprint density at radius 2 is 1.49 bits per heavy atom. The van der Waals surface area contributed by atoms with E-state index in [4.69, 9.17) is 14.2 Å². The molecular formula is C34H46O5. The molecule has 1 fully saturated rings. The van der Waals surface area contributed by atoms with Crippen LogP contribution in [-0.4, -0.2) is 24.6 Å². The van der Waals surface area contributed by atoms with E-state index in [0.717, 1.165) is 50.2 Å². The summed E-state index contributed by atoms with van der Waals surface area (Å²) >= 11 is 0. The van der Waals surface area contributed by atoms with Crippen molar-refractivity contribution in [2.45, 2.75) is 97.5 Å². The molecule has 1 atom stereocenters. The molecule has 0 saturated heterocycles. The zero-order valence-corrected chi connectivity index (χ0v) is 24.0. The van der Waals surface area contributed by atoms with Crippen molar-refractivity contribution < 1.29 is 23.8 Å². The van der Waals surface area contributed by atoms with E-state index in [1.54, 1.807) is 48.5 Å². The zero-order chi connectivity index (χ0) is 27.9. The topological polar surface area (TPSA) is 61.8 Å². The van der Waals surface area contributed by atoms with E-state index in [1.807, 2.05) is 0 Å². The van der Waals surface area contributed by atoms with Crippen molar-refractivity contribution in [3.8, 4) is 11.5 Å². The molecule has 0 unspecified atom stereocenters. The lowest BCUT2D eigenvalue weighted by Crippen LogP contribution is -2.24. The maximum Gasteiger partial charge on any atom is 0.343 e. The van der Waals surface area contributed by atoms with Crippen molar-refractivity contribution in [2.24, 2.45) is 11.8 Å². The number of esters is 2. The molecule has 0 aliphatic heterocycles. The highest BCUT2D eigenvalue weighted by Crippen LogP contribution is 2.28. The fourth-order valence-electron chi connectivity index (χ4n) is 4.75. The van der Waals surface area contributed by atoms with Gasteiger partial charge in [0.2, 0.25) is 0 Å². The second-order valence-electron chi connectivity index (χ2n) is 10.8. The van der Waals surface area contributed by atoms with E-state index < -0.39 is 5.97 Å². The van der Waals surface area contributed by atoms with Crippen molar-refractivity contribution in [1.29, 1.82) is 0 Å². The first-order valence-corrected chi connectivity index (χ1v) is 14.9. The minimum atomic E-state index is -0.452. The van der Waals surface area contributed by atoms with Crippen LogP contribution in [0.3, 0.4) is 0 Å². The van der Waals surface area contributed by atoms with Gasteiger partial charge in [-0.3, -0.25) is 0 Å². The standard InChI is InChI=1S/C34H46O5/c1-4-6-8-12-27-13-19-31(20-14-27)38-34(36)29-17-23-32(24-18-29)39-33(35)28-15-21-30(22-16-28)37-25-10-7-9-11-26(3)5-2/h8,12,15-18,21-24,26-27,31H,4-7,9-11,13-14,19-20,25H2,1-3H3/t26-,27-,31-/m0/s1. The first-order valence-electron chi connectivity index (χ1n) is 14.9. The van der Waals surface area contributed by atoms with Crippen LogP contribution in [0.5, 0.6) is 11.5 Å². The third kappa shape index (κ3) is 10.9. The number of rotatable bonds is 15. The molecule has 0 aromatic heterocycles. The van der Waals surface area contributed by atoms with Gasteiger partial charge in [-0.05, 0) is 98.9 Å². The summed E-state index contributed by atoms with van der Waals surface area (Å²) in [7, 11) is 0. The highest BCUT2D eigenvalue weighted by Gasteiger charge is 2.23. The van der Waals surface area contributed by atoms with E-state index in [9.17, 15) is 9.59 Å². The van der Waals surface area contributed by atoms with Crippen molar-refractivity contribution in [2.75, 3.05) is 6.61 Å². The molecule has 0 N–H and O–H groups in total. The Labute approximate surface area is 234 Å². The largest absolute Gasteiger partial charge is 0.494 e. The fourth-order valence-corrected chi connectivity index (χ4v) is 4.75. The summed E-state index contributed by atoms with van der Waals surface area (Å²) in [5.74, 6) is 1.74. The molecule has 1 saturated carbocycles. The quantitative estimate of drug-likeness (QED) is 0.0987. The molecule has 212 valence electrons. The maximum atomic E-state index is 12.6. The summed E-state index contributed by atoms with van der Waals surface area (Å²) in [6.45, 7) is 7.40. The van der Waals surface area contributed by atoms with Crippen molar-refractivity contribution >= 4 is 11.9 Å². The molecule has 0 bridgehead atoms. The predicted molar refractivity (Wildman–Crippen MR) is 156 cm³/mol. The summed E-state index contributed by atoms with van der Waals surface area (Å²) in [5.41, 5.74) is 0.903. The summed E-state index contributed by atoms with van der Waals surface area (Å²) in [4.78, 5) is 25.2. The maximum absolute atomic E-state index is 12.6. The third-order valence-corrected chi connectivity index (χ3v) is 7.55. The van der Waals surface area contributed by atoms with Crippen LogP contribution >= 0.6 is 0 Å². The first kappa shape index (κ1) is 30.5. The minimum absolute atomic E-state index is 0.0348. The van der Waals surface area contributed by atoms with E-state index in [-0.39, 0.29) is 12.1 Å². The number of carbonyl (C=O) groups excluding carboxylic acids is 2. The lowest BCUT2D eigenvalue weighted by atomic mass is 9.87. The first-order chi connectivity index (χ1) is 19.0. The van der Waals surface area contributed by atoms with Gasteiger partial charge in [0.15, 0.2) is 0 Å². The predicted octanol–water partition coefficient (Wildman–Crippen LogP) is 8.96. The molecule has 0 radical (unpaired) electrons. The third-order valence-electron chi connectivity index (χ3n) is 7.55. The van der Waals surface area contributed by atoms with Gasteiger partial charge in [-0.1, -0.05) is 65.0 Å². The lowest BCUT2D eigenvalue weighted by molar-refractivity contribution is 0.0184. The molecule has 0 amide bonds. The molecule has 3 rings (SSSR count). The number of allylic oxidation sites excluding steroid dienone is 2. The Kier molecular flexibility index (Phi) is 13.1. The van der Waals surface area contributed by atoms with Crippen molar-refractivity contribution in [3.63, 3.8) is 0 Å². The molecule has 39 heavy (non-hydrogen) atoms. The average Bonchev–Trinajstić information content (AvgIpc) is 2.96. The summed E-state index contributed by atoms with van der Waals surface area (Å²) in [6.07, 6.45) is 16.7. The SMILES string of the molecule is CCCC=C[C@H]1CC[C@H](OC(=O)c2ccc(OC(=O)c3ccc(OCCCCC[C@@H](C)CC)cc3)cc2)CC1. The van der Waals surface area contributed by atoms with Crippen LogP contribution in [0.2, 0.25) is 0 Å². The van der Waals surface area contributed by atoms with Crippen molar-refractivity contribution in [1.82, 2.24) is 0 Å². The monoisotopic (exact) mass is 534 g/mol. The number of unbranched alkanes of at least 4 members (excludes halogenated alkanes) is 3. The van der Waals surface area contributed by atoms with Crippen LogP contribution in [-0.2, 0) is 4.74 Å². The van der Waals surface area contributed by atoms with Crippen LogP contribution in [0.4, 0.5) is 0 Å². The number of ether oxygens (including phenoxy) is 3. The molecule has 1 aliphatic rings. The Morgan fingerprint density at radius 1 is 0.846 bits per heavy atom. The van der Waals surface area contributed by atoms with Crippen LogP contribution in [0.15, 0.2) is 60.7 Å². The van der Waals surface area contributed by atoms with Crippen LogP contribution in [0.1, 0.15) is 112 Å². The Bertz CT molecular complexity index is 1020. The fraction of sp³-hybridized carbons (Fsp3) is 0.529. The van der Waals surface area contributed by atoms with Gasteiger partial charge in [-0.15, -0.1) is 0 Å². The highest BCUT2D eigenvalue weighted by atomic mass is 16.5. The summed E-state index contributed by atoms with van der Waals surface area (Å²) in [5, 5.41) is 0. The summed E-state index contributed by atoms with van der Waals surface area (Å²) < 4.78 is 17.0. The number of benzene rings is 2. The smallest absolute Gasteiger partial charge is 0.343 e. The van der Waals surface area contributed by atoms with E-state index >= 15 is 0 Å². The second kappa shape index (κ2) is 16.8. The molecular weight excluding hydrogens is 488 g/mol. The van der Waals surface area contributed by atoms with Gasteiger partial charge in [0.05, 0.1) is 17.7 Å². The van der Waals surface area contributed by atoms with Gasteiger partial charge in [-0.2, -0.15) is 0 Å². The van der Waals surface area contributed by atoms with Gasteiger partial charge < -0.3 is 14.2 Å². The number of hydrogen-bond acceptors (Lipinski definition) is 5. The van der Waals surface area contributed by atoms with Crippen LogP contribution < -0.4 is 9.47 Å². The molecule has 5 heteroatoms. The van der Waals surface area contributed by atoms with E-state index in [0.29, 0.717) is 29.4 Å². The Morgan fingerprint density at radius 3 is 2.13 bits per heavy atom. The molecule has 5 nitrogen and oxygen atoms in total. The van der Waals surface area contributed by atoms with Crippen LogP contribution in [0.25, 0.3) is 0 Å². The van der Waals surface area contributed by atoms with Gasteiger partial charge in [0, 0.05) is 0 Å². The van der Waals surface area contributed by atoms with E-state index in [1.165, 1.54) is 32.1 Å². The zero-order valence-electron chi connectivity index (χ0n) is 24.0. The molecule has 2 aromatic rings. The minimum Gasteiger partial charge on any atom is -0.494 e. The summed E-state index contributed by atoms with van der Waals surface area (Å²) in [6, 6.07) is 13.5. The second-order valence-corrected chi connectivity index (χ2v) is 10.8. The Balaban J connectivity index is 1.38. The van der Waals surface area contributed by atoms with Gasteiger partial charge in [0.1, 0.15) is 17.6 Å². The number of carbonyl (C=O) groups is 2. The van der Waals surface area contributed by atoms with Gasteiger partial charge in [-0.25, -0.2) is 9.59 Å². The molecule has 0 spiro atoms. The average molecular weight is 535 g/mol. The molecule has 0 heterocycles. The molecule has 1 aliphatic carbocycles. The Hall–Kier alpha value is -3.08. The van der Waals surface area contributed by atoms with Crippen LogP contribution in [0, 0.1) is 11.8 Å². The van der Waals surface area contributed by atoms with E-state index in [2.05, 4.69) is 32.9 Å². The van der Waals surface area contributed by atoms with Gasteiger partial charge >= 0.3 is 11.9 Å². The number of hydrogen-bond donors (Lipinski definition) is 0.